The summed E-state index contributed by atoms with van der Waals surface area (Å²) < 4.78 is 22.8. The fraction of sp³-hybridized carbons (Fsp3) is 0.806. The monoisotopic (exact) mass is 945 g/mol. The number of aliphatic hydroxyl groups is 10. The number of rotatable bonds is 23. The first kappa shape index (κ1) is 56.8. The lowest BCUT2D eigenvalue weighted by atomic mass is 9.95. The van der Waals surface area contributed by atoms with E-state index in [2.05, 4.69) is 26.6 Å². The van der Waals surface area contributed by atoms with Crippen molar-refractivity contribution in [2.24, 2.45) is 5.73 Å². The lowest BCUT2D eigenvalue weighted by Gasteiger charge is -2.47. The van der Waals surface area contributed by atoms with E-state index >= 15 is 0 Å². The van der Waals surface area contributed by atoms with Crippen LogP contribution in [-0.4, -0.2) is 239 Å². The number of amides is 6. The van der Waals surface area contributed by atoms with Crippen molar-refractivity contribution in [3.05, 3.63) is 0 Å². The molecule has 0 saturated carbocycles. The molecule has 29 heteroatoms. The van der Waals surface area contributed by atoms with Crippen LogP contribution < -0.4 is 37.6 Å². The van der Waals surface area contributed by atoms with E-state index in [1.807, 2.05) is 5.32 Å². The Kier molecular flexibility index (Phi) is 22.3. The second-order valence-corrected chi connectivity index (χ2v) is 15.6. The minimum Gasteiger partial charge on any atom is -0.480 e. The molecule has 0 aromatic heterocycles. The van der Waals surface area contributed by atoms with E-state index in [1.54, 1.807) is 0 Å². The Morgan fingerprint density at radius 2 is 1.05 bits per heavy atom. The van der Waals surface area contributed by atoms with Crippen LogP contribution in [-0.2, 0) is 52.5 Å². The number of carboxylic acids is 1. The summed E-state index contributed by atoms with van der Waals surface area (Å²) in [6, 6.07) is -11.2. The van der Waals surface area contributed by atoms with Gasteiger partial charge in [-0.05, 0) is 34.6 Å². The van der Waals surface area contributed by atoms with Gasteiger partial charge >= 0.3 is 5.97 Å². The molecule has 2 aliphatic heterocycles. The number of hydrogen-bond donors (Lipinski definition) is 18. The van der Waals surface area contributed by atoms with Crippen molar-refractivity contribution in [2.45, 2.75) is 164 Å². The van der Waals surface area contributed by atoms with Crippen LogP contribution in [0.5, 0.6) is 0 Å². The van der Waals surface area contributed by atoms with E-state index in [9.17, 15) is 84.6 Å². The molecule has 0 bridgehead atoms. The predicted molar refractivity (Wildman–Crippen MR) is 212 cm³/mol. The van der Waals surface area contributed by atoms with Gasteiger partial charge < -0.3 is 113 Å². The molecule has 2 rings (SSSR count). The number of ether oxygens (including phenoxy) is 4. The number of carboxylic acid groups (broad SMARTS) is 1. The van der Waals surface area contributed by atoms with Crippen molar-refractivity contribution < 1.29 is 109 Å². The summed E-state index contributed by atoms with van der Waals surface area (Å²) >= 11 is 0. The van der Waals surface area contributed by atoms with Gasteiger partial charge in [-0.25, -0.2) is 0 Å². The molecule has 0 unspecified atom stereocenters. The van der Waals surface area contributed by atoms with Gasteiger partial charge in [-0.3, -0.25) is 33.6 Å². The zero-order valence-corrected chi connectivity index (χ0v) is 36.2. The van der Waals surface area contributed by atoms with Crippen molar-refractivity contribution in [1.29, 1.82) is 0 Å². The van der Waals surface area contributed by atoms with E-state index < -0.39 is 183 Å². The maximum Gasteiger partial charge on any atom is 0.322 e. The summed E-state index contributed by atoms with van der Waals surface area (Å²) in [4.78, 5) is 90.1. The molecule has 0 aromatic rings. The summed E-state index contributed by atoms with van der Waals surface area (Å²) in [5.41, 5.74) is 5.67. The zero-order valence-electron chi connectivity index (χ0n) is 36.2. The highest BCUT2D eigenvalue weighted by atomic mass is 16.7. The number of aliphatic carboxylic acids is 1. The number of aliphatic hydroxyl groups excluding tert-OH is 10. The fourth-order valence-corrected chi connectivity index (χ4v) is 6.45. The Bertz CT molecular complexity index is 1620. The molecular weight excluding hydrogens is 882 g/mol. The number of nitrogens with two attached hydrogens (primary N) is 1. The minimum atomic E-state index is -2.10. The Morgan fingerprint density at radius 1 is 0.600 bits per heavy atom. The Hall–Kier alpha value is -4.31. The molecule has 0 aliphatic carbocycles. The molecule has 374 valence electrons. The van der Waals surface area contributed by atoms with E-state index in [0.29, 0.717) is 0 Å². The molecule has 2 saturated heterocycles. The van der Waals surface area contributed by atoms with Crippen molar-refractivity contribution in [2.75, 3.05) is 19.8 Å². The highest BCUT2D eigenvalue weighted by molar-refractivity contribution is 5.97. The Morgan fingerprint density at radius 3 is 1.49 bits per heavy atom. The number of nitrogens with one attached hydrogen (secondary N) is 6. The highest BCUT2D eigenvalue weighted by Gasteiger charge is 2.52. The SMILES string of the molecule is CC(=O)N[C@H]1[C@H](O[C@H](C)[C@H](NC(=O)[C@@H](NC(=O)[C@@H](N)[C@@H](C)O)[C@@H](C)O)C(=O)N[C@H](C(=O)N[C@H](C(=O)NCC(=O)O)[C@@H](C)O)[C@@H](C)O)O[C@H](CO)[C@@H](O[C@@H]2O[C@H](CO)[C@H](O)[C@H](O)[C@H]2O)[C@@H]1O. The van der Waals surface area contributed by atoms with Crippen LogP contribution >= 0.6 is 0 Å². The van der Waals surface area contributed by atoms with Crippen LogP contribution in [0.2, 0.25) is 0 Å². The fourth-order valence-electron chi connectivity index (χ4n) is 6.45. The topological polar surface area (TPSA) is 477 Å². The summed E-state index contributed by atoms with van der Waals surface area (Å²) in [5.74, 6) is -8.65. The van der Waals surface area contributed by atoms with Crippen molar-refractivity contribution >= 4 is 41.4 Å². The molecule has 6 amide bonds. The van der Waals surface area contributed by atoms with E-state index in [1.165, 1.54) is 0 Å². The van der Waals surface area contributed by atoms with E-state index in [0.717, 1.165) is 41.5 Å². The molecule has 29 nitrogen and oxygen atoms in total. The molecule has 2 heterocycles. The lowest BCUT2D eigenvalue weighted by molar-refractivity contribution is -0.350. The second kappa shape index (κ2) is 25.6. The highest BCUT2D eigenvalue weighted by Crippen LogP contribution is 2.30. The van der Waals surface area contributed by atoms with E-state index in [-0.39, 0.29) is 0 Å². The summed E-state index contributed by atoms with van der Waals surface area (Å²) in [6.07, 6.45) is -24.8. The van der Waals surface area contributed by atoms with Gasteiger partial charge in [0.05, 0.1) is 43.7 Å². The zero-order chi connectivity index (χ0) is 49.8. The first-order chi connectivity index (χ1) is 30.2. The van der Waals surface area contributed by atoms with Crippen LogP contribution in [0.1, 0.15) is 41.5 Å². The Balaban J connectivity index is 2.57. The quantitative estimate of drug-likeness (QED) is 0.0452. The van der Waals surface area contributed by atoms with Gasteiger partial charge in [0, 0.05) is 6.92 Å². The third kappa shape index (κ3) is 15.6. The average Bonchev–Trinajstić information content (AvgIpc) is 3.22. The van der Waals surface area contributed by atoms with Gasteiger partial charge in [0.25, 0.3) is 0 Å². The van der Waals surface area contributed by atoms with Gasteiger partial charge in [-0.1, -0.05) is 0 Å². The number of carbonyl (C=O) groups is 7. The Labute approximate surface area is 370 Å². The van der Waals surface area contributed by atoms with Crippen LogP contribution in [0.3, 0.4) is 0 Å². The van der Waals surface area contributed by atoms with Crippen LogP contribution in [0.4, 0.5) is 0 Å². The van der Waals surface area contributed by atoms with Crippen LogP contribution in [0.15, 0.2) is 0 Å². The van der Waals surface area contributed by atoms with Gasteiger partial charge in [0.2, 0.25) is 35.4 Å². The molecule has 0 radical (unpaired) electrons. The summed E-state index contributed by atoms with van der Waals surface area (Å²) in [6.45, 7) is 3.61. The molecule has 0 aromatic carbocycles. The van der Waals surface area contributed by atoms with Crippen LogP contribution in [0, 0.1) is 0 Å². The molecule has 2 fully saturated rings. The minimum absolute atomic E-state index is 0.834. The maximum atomic E-state index is 14.2. The van der Waals surface area contributed by atoms with Gasteiger partial charge in [-0.2, -0.15) is 0 Å². The van der Waals surface area contributed by atoms with Crippen LogP contribution in [0.25, 0.3) is 0 Å². The first-order valence-electron chi connectivity index (χ1n) is 20.2. The van der Waals surface area contributed by atoms with Gasteiger partial charge in [-0.15, -0.1) is 0 Å². The summed E-state index contributed by atoms with van der Waals surface area (Å²) in [7, 11) is 0. The van der Waals surface area contributed by atoms with Crippen molar-refractivity contribution in [3.8, 4) is 0 Å². The first-order valence-corrected chi connectivity index (χ1v) is 20.2. The van der Waals surface area contributed by atoms with E-state index in [4.69, 9.17) is 29.8 Å². The van der Waals surface area contributed by atoms with Crippen molar-refractivity contribution in [1.82, 2.24) is 31.9 Å². The molecule has 2 aliphatic rings. The third-order valence-electron chi connectivity index (χ3n) is 10.2. The number of hydrogen-bond acceptors (Lipinski definition) is 22. The molecule has 20 atom stereocenters. The molecule has 19 N–H and O–H groups in total. The largest absolute Gasteiger partial charge is 0.480 e. The second-order valence-electron chi connectivity index (χ2n) is 15.6. The van der Waals surface area contributed by atoms with Gasteiger partial charge in [0.15, 0.2) is 12.6 Å². The average molecular weight is 946 g/mol. The van der Waals surface area contributed by atoms with Crippen molar-refractivity contribution in [3.63, 3.8) is 0 Å². The standard InChI is InChI=1S/C36H63N7O22/c1-10(46)19(37)30(57)40-21(12(3)48)33(60)43-23(34(61)42-22(13(4)49)32(59)41-20(11(2)47)31(58)38-7-18(51)52)14(5)62-35-24(39-15(6)50)26(54)29(17(9-45)64-35)65-36-28(56)27(55)25(53)16(8-44)63-36/h10-14,16-17,19-29,35-36,44-49,53-56H,7-9,37H2,1-6H3,(H,38,58)(H,39,50)(H,40,57)(H,41,59)(H,42,61)(H,43,60)(H,51,52)/t10-,11-,12-,13-,14-,16-,17-,19+,20+,21+,22+,23+,24-,25+,26-,27+,28-,29-,35-,36+/m1/s1. The predicted octanol–water partition coefficient (Wildman–Crippen LogP) is -10.9. The maximum absolute atomic E-state index is 14.2. The smallest absolute Gasteiger partial charge is 0.322 e. The third-order valence-corrected chi connectivity index (χ3v) is 10.2. The lowest BCUT2D eigenvalue weighted by Crippen LogP contribution is -2.69. The molecule has 0 spiro atoms. The van der Waals surface area contributed by atoms with Gasteiger partial charge in [0.1, 0.15) is 85.5 Å². The summed E-state index contributed by atoms with van der Waals surface area (Å²) in [5, 5.41) is 125. The number of carbonyl (C=O) groups excluding carboxylic acids is 6. The normalized spacial score (nSPS) is 30.3. The molecule has 65 heavy (non-hydrogen) atoms. The molecular formula is C36H63N7O22.